The molecule has 2 fully saturated rings. The molecule has 1 aromatic rings. The van der Waals surface area contributed by atoms with Crippen molar-refractivity contribution in [1.29, 1.82) is 0 Å². The van der Waals surface area contributed by atoms with Gasteiger partial charge in [-0.2, -0.15) is 0 Å². The summed E-state index contributed by atoms with van der Waals surface area (Å²) < 4.78 is 0. The maximum absolute atomic E-state index is 4.84. The summed E-state index contributed by atoms with van der Waals surface area (Å²) in [4.78, 5) is 9.64. The second-order valence-corrected chi connectivity index (χ2v) is 5.92. The van der Waals surface area contributed by atoms with Crippen LogP contribution in [0, 0.1) is 0 Å². The molecule has 0 bridgehead atoms. The molecule has 0 aliphatic carbocycles. The lowest BCUT2D eigenvalue weighted by atomic mass is 10.1. The number of likely N-dealkylation sites (N-methyl/N-ethyl adjacent to an activating group) is 1. The van der Waals surface area contributed by atoms with E-state index in [-0.39, 0.29) is 0 Å². The van der Waals surface area contributed by atoms with Crippen LogP contribution >= 0.6 is 11.3 Å². The first kappa shape index (κ1) is 11.4. The highest BCUT2D eigenvalue weighted by atomic mass is 32.1. The molecule has 2 aliphatic rings. The number of hydrogen-bond acceptors (Lipinski definition) is 5. The van der Waals surface area contributed by atoms with Crippen molar-refractivity contribution in [3.8, 4) is 0 Å². The molecule has 0 aromatic carbocycles. The SMILES string of the molecule is CN1CCC(c2nc(N3CCNCC3)cs2)C1. The first-order valence-electron chi connectivity index (χ1n) is 6.42. The average Bonchev–Trinajstić information content (AvgIpc) is 2.98. The largest absolute Gasteiger partial charge is 0.353 e. The van der Waals surface area contributed by atoms with E-state index in [9.17, 15) is 0 Å². The van der Waals surface area contributed by atoms with E-state index in [1.807, 2.05) is 11.3 Å². The average molecular weight is 252 g/mol. The molecule has 1 unspecified atom stereocenters. The van der Waals surface area contributed by atoms with E-state index >= 15 is 0 Å². The monoisotopic (exact) mass is 252 g/mol. The van der Waals surface area contributed by atoms with E-state index in [1.165, 1.54) is 30.3 Å². The molecule has 0 amide bonds. The minimum absolute atomic E-state index is 0.668. The highest BCUT2D eigenvalue weighted by molar-refractivity contribution is 7.10. The molecule has 2 saturated heterocycles. The van der Waals surface area contributed by atoms with E-state index in [2.05, 4.69) is 27.5 Å². The number of nitrogens with zero attached hydrogens (tertiary/aromatic N) is 3. The number of piperazine rings is 1. The maximum atomic E-state index is 4.84. The number of aromatic nitrogens is 1. The zero-order chi connectivity index (χ0) is 11.7. The summed E-state index contributed by atoms with van der Waals surface area (Å²) in [5.74, 6) is 1.86. The van der Waals surface area contributed by atoms with Gasteiger partial charge in [-0.05, 0) is 20.0 Å². The molecule has 1 aromatic heterocycles. The van der Waals surface area contributed by atoms with Crippen LogP contribution in [0.3, 0.4) is 0 Å². The minimum atomic E-state index is 0.668. The van der Waals surface area contributed by atoms with Gasteiger partial charge in [-0.3, -0.25) is 0 Å². The molecular weight excluding hydrogens is 232 g/mol. The fourth-order valence-corrected chi connectivity index (χ4v) is 3.60. The van der Waals surface area contributed by atoms with E-state index in [0.29, 0.717) is 5.92 Å². The second kappa shape index (κ2) is 4.92. The Morgan fingerprint density at radius 1 is 1.35 bits per heavy atom. The minimum Gasteiger partial charge on any atom is -0.353 e. The molecule has 1 atom stereocenters. The highest BCUT2D eigenvalue weighted by Gasteiger charge is 2.24. The van der Waals surface area contributed by atoms with Crippen molar-refractivity contribution in [1.82, 2.24) is 15.2 Å². The molecule has 3 heterocycles. The van der Waals surface area contributed by atoms with Crippen molar-refractivity contribution in [2.45, 2.75) is 12.3 Å². The summed E-state index contributed by atoms with van der Waals surface area (Å²) in [6.45, 7) is 6.74. The molecule has 4 nitrogen and oxygen atoms in total. The van der Waals surface area contributed by atoms with Crippen molar-refractivity contribution in [2.24, 2.45) is 0 Å². The van der Waals surface area contributed by atoms with Gasteiger partial charge in [-0.15, -0.1) is 11.3 Å². The van der Waals surface area contributed by atoms with E-state index in [0.717, 1.165) is 26.2 Å². The lowest BCUT2D eigenvalue weighted by Gasteiger charge is -2.27. The van der Waals surface area contributed by atoms with Crippen LogP contribution in [-0.4, -0.2) is 56.2 Å². The van der Waals surface area contributed by atoms with E-state index < -0.39 is 0 Å². The van der Waals surface area contributed by atoms with Gasteiger partial charge in [0.2, 0.25) is 0 Å². The fraction of sp³-hybridized carbons (Fsp3) is 0.750. The summed E-state index contributed by atoms with van der Waals surface area (Å²) >= 11 is 1.84. The molecule has 0 saturated carbocycles. The lowest BCUT2D eigenvalue weighted by Crippen LogP contribution is -2.43. The zero-order valence-electron chi connectivity index (χ0n) is 10.4. The first-order valence-corrected chi connectivity index (χ1v) is 7.30. The predicted molar refractivity (Wildman–Crippen MR) is 72.1 cm³/mol. The Morgan fingerprint density at radius 3 is 2.88 bits per heavy atom. The third-order valence-corrected chi connectivity index (χ3v) is 4.69. The topological polar surface area (TPSA) is 31.4 Å². The predicted octanol–water partition coefficient (Wildman–Crippen LogP) is 0.972. The Balaban J connectivity index is 1.69. The highest BCUT2D eigenvalue weighted by Crippen LogP contribution is 2.31. The van der Waals surface area contributed by atoms with Crippen LogP contribution in [0.4, 0.5) is 5.82 Å². The second-order valence-electron chi connectivity index (χ2n) is 5.03. The number of hydrogen-bond donors (Lipinski definition) is 1. The Morgan fingerprint density at radius 2 is 2.18 bits per heavy atom. The quantitative estimate of drug-likeness (QED) is 0.850. The standard InChI is InChI=1S/C12H20N4S/c1-15-5-2-10(8-15)12-14-11(9-17-12)16-6-3-13-4-7-16/h9-10,13H,2-8H2,1H3. The van der Waals surface area contributed by atoms with Gasteiger partial charge in [0, 0.05) is 44.0 Å². The third-order valence-electron chi connectivity index (χ3n) is 3.69. The van der Waals surface area contributed by atoms with Gasteiger partial charge in [-0.25, -0.2) is 4.98 Å². The fourth-order valence-electron chi connectivity index (χ4n) is 2.64. The number of anilines is 1. The molecule has 3 rings (SSSR count). The first-order chi connectivity index (χ1) is 8.33. The van der Waals surface area contributed by atoms with Crippen molar-refractivity contribution in [3.05, 3.63) is 10.4 Å². The molecule has 94 valence electrons. The van der Waals surface area contributed by atoms with Crippen LogP contribution in [-0.2, 0) is 0 Å². The number of likely N-dealkylation sites (tertiary alicyclic amines) is 1. The molecule has 2 aliphatic heterocycles. The third kappa shape index (κ3) is 2.46. The van der Waals surface area contributed by atoms with Crippen molar-refractivity contribution in [3.63, 3.8) is 0 Å². The summed E-state index contributed by atoms with van der Waals surface area (Å²) in [6, 6.07) is 0. The summed E-state index contributed by atoms with van der Waals surface area (Å²) in [7, 11) is 2.20. The van der Waals surface area contributed by atoms with E-state index in [4.69, 9.17) is 4.98 Å². The van der Waals surface area contributed by atoms with Crippen molar-refractivity contribution >= 4 is 17.2 Å². The van der Waals surface area contributed by atoms with Gasteiger partial charge < -0.3 is 15.1 Å². The Labute approximate surface area is 107 Å². The van der Waals surface area contributed by atoms with Gasteiger partial charge in [0.1, 0.15) is 5.82 Å². The van der Waals surface area contributed by atoms with Crippen LogP contribution in [0.5, 0.6) is 0 Å². The number of nitrogens with one attached hydrogen (secondary N) is 1. The summed E-state index contributed by atoms with van der Waals surface area (Å²) in [6.07, 6.45) is 1.27. The van der Waals surface area contributed by atoms with Gasteiger partial charge in [-0.1, -0.05) is 0 Å². The van der Waals surface area contributed by atoms with Gasteiger partial charge >= 0.3 is 0 Å². The van der Waals surface area contributed by atoms with E-state index in [1.54, 1.807) is 0 Å². The molecular formula is C12H20N4S. The molecule has 5 heteroatoms. The lowest BCUT2D eigenvalue weighted by molar-refractivity contribution is 0.411. The Bertz CT molecular complexity index is 353. The Kier molecular flexibility index (Phi) is 3.31. The molecule has 17 heavy (non-hydrogen) atoms. The molecule has 0 radical (unpaired) electrons. The number of rotatable bonds is 2. The van der Waals surface area contributed by atoms with Crippen LogP contribution in [0.2, 0.25) is 0 Å². The van der Waals surface area contributed by atoms with Crippen LogP contribution in [0.15, 0.2) is 5.38 Å². The van der Waals surface area contributed by atoms with Crippen molar-refractivity contribution < 1.29 is 0 Å². The van der Waals surface area contributed by atoms with Gasteiger partial charge in [0.25, 0.3) is 0 Å². The normalized spacial score (nSPS) is 26.6. The van der Waals surface area contributed by atoms with Crippen LogP contribution in [0.1, 0.15) is 17.3 Å². The van der Waals surface area contributed by atoms with Gasteiger partial charge in [0.05, 0.1) is 5.01 Å². The van der Waals surface area contributed by atoms with Crippen LogP contribution < -0.4 is 10.2 Å². The number of thiazole rings is 1. The van der Waals surface area contributed by atoms with Gasteiger partial charge in [0.15, 0.2) is 0 Å². The van der Waals surface area contributed by atoms with Crippen LogP contribution in [0.25, 0.3) is 0 Å². The molecule has 0 spiro atoms. The maximum Gasteiger partial charge on any atom is 0.139 e. The summed E-state index contributed by atoms with van der Waals surface area (Å²) in [5.41, 5.74) is 0. The zero-order valence-corrected chi connectivity index (χ0v) is 11.2. The Hall–Kier alpha value is -0.650. The van der Waals surface area contributed by atoms with Crippen molar-refractivity contribution in [2.75, 3.05) is 51.2 Å². The molecule has 1 N–H and O–H groups in total. The summed E-state index contributed by atoms with van der Waals surface area (Å²) in [5, 5.41) is 6.95. The smallest absolute Gasteiger partial charge is 0.139 e.